The normalized spacial score (nSPS) is 26.4. The standard InChI is InChI=1S/C9H6BrNO/c10-7-3-1-2-6-8(12)4-5-11-9(6)7/h1-5,7H. The second kappa shape index (κ2) is 2.83. The van der Waals surface area contributed by atoms with Crippen LogP contribution in [0.5, 0.6) is 0 Å². The van der Waals surface area contributed by atoms with Crippen molar-refractivity contribution in [1.29, 1.82) is 0 Å². The maximum absolute atomic E-state index is 11.3. The Balaban J connectivity index is 2.50. The predicted molar refractivity (Wildman–Crippen MR) is 51.5 cm³/mol. The Morgan fingerprint density at radius 2 is 2.33 bits per heavy atom. The fourth-order valence-corrected chi connectivity index (χ4v) is 1.74. The topological polar surface area (TPSA) is 29.4 Å². The molecule has 1 aliphatic carbocycles. The average molecular weight is 224 g/mol. The molecular weight excluding hydrogens is 218 g/mol. The lowest BCUT2D eigenvalue weighted by molar-refractivity contribution is -0.110. The molecule has 60 valence electrons. The van der Waals surface area contributed by atoms with E-state index in [9.17, 15) is 4.79 Å². The minimum absolute atomic E-state index is 0.0359. The quantitative estimate of drug-likeness (QED) is 0.576. The van der Waals surface area contributed by atoms with Crippen LogP contribution in [0.15, 0.2) is 41.1 Å². The molecule has 2 aliphatic rings. The van der Waals surface area contributed by atoms with Gasteiger partial charge >= 0.3 is 0 Å². The molecule has 0 fully saturated rings. The summed E-state index contributed by atoms with van der Waals surface area (Å²) >= 11 is 3.41. The van der Waals surface area contributed by atoms with E-state index in [1.807, 2.05) is 12.2 Å². The Hall–Kier alpha value is -0.960. The van der Waals surface area contributed by atoms with Crippen molar-refractivity contribution in [3.8, 4) is 0 Å². The van der Waals surface area contributed by atoms with Crippen LogP contribution in [0.25, 0.3) is 0 Å². The Bertz CT molecular complexity index is 350. The first-order valence-corrected chi connectivity index (χ1v) is 4.52. The summed E-state index contributed by atoms with van der Waals surface area (Å²) in [4.78, 5) is 15.5. The van der Waals surface area contributed by atoms with Crippen molar-refractivity contribution < 1.29 is 4.79 Å². The van der Waals surface area contributed by atoms with Gasteiger partial charge in [0.05, 0.1) is 10.5 Å². The van der Waals surface area contributed by atoms with Gasteiger partial charge in [-0.2, -0.15) is 0 Å². The number of alkyl halides is 1. The maximum Gasteiger partial charge on any atom is 0.189 e. The van der Waals surface area contributed by atoms with E-state index in [1.54, 1.807) is 12.3 Å². The maximum atomic E-state index is 11.3. The number of hydrogen-bond donors (Lipinski definition) is 0. The number of hydrogen-bond acceptors (Lipinski definition) is 2. The first kappa shape index (κ1) is 7.68. The SMILES string of the molecule is O=C1C=CN=C2C1=CC=CC2Br. The van der Waals surface area contributed by atoms with E-state index in [1.165, 1.54) is 6.08 Å². The first-order chi connectivity index (χ1) is 5.79. The molecule has 0 radical (unpaired) electrons. The third-order valence-corrected chi connectivity index (χ3v) is 2.52. The minimum Gasteiger partial charge on any atom is -0.289 e. The zero-order valence-electron chi connectivity index (χ0n) is 6.20. The Morgan fingerprint density at radius 3 is 3.08 bits per heavy atom. The van der Waals surface area contributed by atoms with Crippen LogP contribution in [0, 0.1) is 0 Å². The van der Waals surface area contributed by atoms with E-state index in [0.29, 0.717) is 5.57 Å². The van der Waals surface area contributed by atoms with Gasteiger partial charge in [-0.25, -0.2) is 0 Å². The molecule has 2 nitrogen and oxygen atoms in total. The number of carbonyl (C=O) groups excluding carboxylic acids is 1. The highest BCUT2D eigenvalue weighted by Crippen LogP contribution is 2.20. The lowest BCUT2D eigenvalue weighted by atomic mass is 9.97. The van der Waals surface area contributed by atoms with Crippen LogP contribution in [0.4, 0.5) is 0 Å². The molecule has 3 heteroatoms. The van der Waals surface area contributed by atoms with Gasteiger partial charge < -0.3 is 0 Å². The molecule has 0 bridgehead atoms. The summed E-state index contributed by atoms with van der Waals surface area (Å²) in [5.41, 5.74) is 1.51. The van der Waals surface area contributed by atoms with Crippen molar-refractivity contribution in [2.75, 3.05) is 0 Å². The van der Waals surface area contributed by atoms with Gasteiger partial charge in [0.25, 0.3) is 0 Å². The fourth-order valence-electron chi connectivity index (χ4n) is 1.20. The molecule has 0 saturated heterocycles. The highest BCUT2D eigenvalue weighted by atomic mass is 79.9. The number of rotatable bonds is 0. The van der Waals surface area contributed by atoms with Crippen molar-refractivity contribution in [2.45, 2.75) is 4.83 Å². The summed E-state index contributed by atoms with van der Waals surface area (Å²) in [6.07, 6.45) is 8.64. The van der Waals surface area contributed by atoms with Crippen LogP contribution in [-0.4, -0.2) is 16.3 Å². The van der Waals surface area contributed by atoms with Crippen LogP contribution in [-0.2, 0) is 4.79 Å². The van der Waals surface area contributed by atoms with Crippen LogP contribution in [0.1, 0.15) is 0 Å². The smallest absolute Gasteiger partial charge is 0.189 e. The summed E-state index contributed by atoms with van der Waals surface area (Å²) < 4.78 is 0. The first-order valence-electron chi connectivity index (χ1n) is 3.60. The third-order valence-electron chi connectivity index (χ3n) is 1.79. The van der Waals surface area contributed by atoms with Gasteiger partial charge in [-0.15, -0.1) is 0 Å². The number of ketones is 1. The zero-order chi connectivity index (χ0) is 8.55. The number of halogens is 1. The fraction of sp³-hybridized carbons (Fsp3) is 0.111. The van der Waals surface area contributed by atoms with Crippen LogP contribution in [0.2, 0.25) is 0 Å². The number of allylic oxidation sites excluding steroid dienone is 5. The van der Waals surface area contributed by atoms with Gasteiger partial charge in [0.1, 0.15) is 0 Å². The van der Waals surface area contributed by atoms with Crippen LogP contribution < -0.4 is 0 Å². The van der Waals surface area contributed by atoms with E-state index in [-0.39, 0.29) is 10.6 Å². The van der Waals surface area contributed by atoms with Gasteiger partial charge in [0.2, 0.25) is 0 Å². The molecule has 0 spiro atoms. The second-order valence-corrected chi connectivity index (χ2v) is 3.55. The van der Waals surface area contributed by atoms with Crippen LogP contribution in [0.3, 0.4) is 0 Å². The molecule has 0 aromatic rings. The molecule has 1 atom stereocenters. The summed E-state index contributed by atoms with van der Waals surface area (Å²) in [6, 6.07) is 0. The highest BCUT2D eigenvalue weighted by Gasteiger charge is 2.22. The van der Waals surface area contributed by atoms with E-state index in [2.05, 4.69) is 20.9 Å². The minimum atomic E-state index is 0.0359. The predicted octanol–water partition coefficient (Wildman–Crippen LogP) is 1.78. The lowest BCUT2D eigenvalue weighted by Gasteiger charge is -2.16. The monoisotopic (exact) mass is 223 g/mol. The molecule has 0 saturated carbocycles. The van der Waals surface area contributed by atoms with E-state index >= 15 is 0 Å². The lowest BCUT2D eigenvalue weighted by Crippen LogP contribution is -2.23. The van der Waals surface area contributed by atoms with Crippen molar-refractivity contribution in [3.63, 3.8) is 0 Å². The highest BCUT2D eigenvalue weighted by molar-refractivity contribution is 9.10. The Morgan fingerprint density at radius 1 is 1.50 bits per heavy atom. The zero-order valence-corrected chi connectivity index (χ0v) is 7.78. The summed E-state index contributed by atoms with van der Waals surface area (Å²) in [5, 5.41) is 0. The summed E-state index contributed by atoms with van der Waals surface area (Å²) in [7, 11) is 0. The van der Waals surface area contributed by atoms with Gasteiger partial charge in [-0.1, -0.05) is 28.1 Å². The Labute approximate surface area is 78.5 Å². The van der Waals surface area contributed by atoms with Crippen molar-refractivity contribution in [3.05, 3.63) is 36.1 Å². The van der Waals surface area contributed by atoms with Crippen molar-refractivity contribution in [2.24, 2.45) is 4.99 Å². The number of carbonyl (C=O) groups is 1. The molecule has 1 heterocycles. The van der Waals surface area contributed by atoms with Gasteiger partial charge in [-0.3, -0.25) is 9.79 Å². The number of fused-ring (bicyclic) bond motifs is 1. The largest absolute Gasteiger partial charge is 0.289 e. The average Bonchev–Trinajstić information content (AvgIpc) is 2.07. The van der Waals surface area contributed by atoms with Gasteiger partial charge in [0.15, 0.2) is 5.78 Å². The molecule has 0 aromatic carbocycles. The molecule has 0 amide bonds. The van der Waals surface area contributed by atoms with Gasteiger partial charge in [-0.05, 0) is 6.08 Å². The van der Waals surface area contributed by atoms with E-state index in [0.717, 1.165) is 5.71 Å². The van der Waals surface area contributed by atoms with Crippen molar-refractivity contribution in [1.82, 2.24) is 0 Å². The van der Waals surface area contributed by atoms with Crippen LogP contribution >= 0.6 is 15.9 Å². The molecule has 1 unspecified atom stereocenters. The third kappa shape index (κ3) is 1.10. The molecule has 2 rings (SSSR count). The molecule has 0 aromatic heterocycles. The summed E-state index contributed by atoms with van der Waals surface area (Å²) in [6.45, 7) is 0. The summed E-state index contributed by atoms with van der Waals surface area (Å²) in [5.74, 6) is 0.0359. The number of aliphatic imine (C=N–C) groups is 1. The molecular formula is C9H6BrNO. The van der Waals surface area contributed by atoms with Gasteiger partial charge in [0, 0.05) is 17.8 Å². The molecule has 1 aliphatic heterocycles. The van der Waals surface area contributed by atoms with E-state index in [4.69, 9.17) is 0 Å². The molecule has 12 heavy (non-hydrogen) atoms. The Kier molecular flexibility index (Phi) is 1.81. The van der Waals surface area contributed by atoms with Crippen molar-refractivity contribution >= 4 is 27.4 Å². The second-order valence-electron chi connectivity index (χ2n) is 2.56. The number of nitrogens with zero attached hydrogens (tertiary/aromatic N) is 1. The van der Waals surface area contributed by atoms with E-state index < -0.39 is 0 Å². The molecule has 0 N–H and O–H groups in total.